The SMILES string of the molecule is Cc1[nH]nc(S(=O)(=O)N2CCCC(C)C2)c1CN. The molecule has 6 nitrogen and oxygen atoms in total. The third-order valence-corrected chi connectivity index (χ3v) is 5.28. The van der Waals surface area contributed by atoms with Crippen molar-refractivity contribution in [1.82, 2.24) is 14.5 Å². The summed E-state index contributed by atoms with van der Waals surface area (Å²) in [6.07, 6.45) is 1.98. The van der Waals surface area contributed by atoms with Crippen molar-refractivity contribution in [2.45, 2.75) is 38.3 Å². The van der Waals surface area contributed by atoms with Crippen molar-refractivity contribution in [1.29, 1.82) is 0 Å². The number of hydrogen-bond donors (Lipinski definition) is 2. The van der Waals surface area contributed by atoms with Gasteiger partial charge in [0.15, 0.2) is 5.03 Å². The number of aromatic amines is 1. The van der Waals surface area contributed by atoms with Crippen LogP contribution >= 0.6 is 0 Å². The number of hydrogen-bond acceptors (Lipinski definition) is 4. The molecule has 7 heteroatoms. The van der Waals surface area contributed by atoms with Gasteiger partial charge in [0, 0.05) is 30.9 Å². The van der Waals surface area contributed by atoms with Crippen molar-refractivity contribution in [2.24, 2.45) is 11.7 Å². The summed E-state index contributed by atoms with van der Waals surface area (Å²) < 4.78 is 26.6. The fourth-order valence-corrected chi connectivity index (χ4v) is 4.14. The molecule has 102 valence electrons. The average molecular weight is 272 g/mol. The Morgan fingerprint density at radius 3 is 2.89 bits per heavy atom. The molecule has 0 bridgehead atoms. The molecule has 1 aliphatic rings. The summed E-state index contributed by atoms with van der Waals surface area (Å²) >= 11 is 0. The number of sulfonamides is 1. The normalized spacial score (nSPS) is 22.3. The molecule has 0 spiro atoms. The second-order valence-electron chi connectivity index (χ2n) is 4.95. The largest absolute Gasteiger partial charge is 0.326 e. The molecule has 18 heavy (non-hydrogen) atoms. The molecule has 2 heterocycles. The Balaban J connectivity index is 2.35. The van der Waals surface area contributed by atoms with Crippen LogP contribution in [0.25, 0.3) is 0 Å². The highest BCUT2D eigenvalue weighted by molar-refractivity contribution is 7.89. The molecule has 1 fully saturated rings. The van der Waals surface area contributed by atoms with Crippen molar-refractivity contribution < 1.29 is 8.42 Å². The maximum atomic E-state index is 12.5. The maximum Gasteiger partial charge on any atom is 0.262 e. The van der Waals surface area contributed by atoms with Gasteiger partial charge in [-0.15, -0.1) is 0 Å². The lowest BCUT2D eigenvalue weighted by atomic mass is 10.0. The molecule has 1 aromatic heterocycles. The lowest BCUT2D eigenvalue weighted by Crippen LogP contribution is -2.39. The molecule has 0 aliphatic carbocycles. The minimum absolute atomic E-state index is 0.0941. The Hall–Kier alpha value is -0.920. The summed E-state index contributed by atoms with van der Waals surface area (Å²) in [5.74, 6) is 0.398. The molecule has 0 amide bonds. The second kappa shape index (κ2) is 4.99. The van der Waals surface area contributed by atoms with Gasteiger partial charge in [-0.25, -0.2) is 8.42 Å². The van der Waals surface area contributed by atoms with E-state index in [4.69, 9.17) is 5.73 Å². The van der Waals surface area contributed by atoms with Crippen LogP contribution in [-0.2, 0) is 16.6 Å². The molecular formula is C11H20N4O2S. The predicted molar refractivity (Wildman–Crippen MR) is 68.4 cm³/mol. The van der Waals surface area contributed by atoms with Gasteiger partial charge < -0.3 is 5.73 Å². The van der Waals surface area contributed by atoms with Crippen LogP contribution in [0.1, 0.15) is 31.0 Å². The number of aromatic nitrogens is 2. The van der Waals surface area contributed by atoms with Crippen LogP contribution in [-0.4, -0.2) is 36.0 Å². The minimum Gasteiger partial charge on any atom is -0.326 e. The zero-order valence-corrected chi connectivity index (χ0v) is 11.6. The molecule has 1 unspecified atom stereocenters. The fourth-order valence-electron chi connectivity index (χ4n) is 2.37. The Morgan fingerprint density at radius 2 is 2.28 bits per heavy atom. The van der Waals surface area contributed by atoms with Gasteiger partial charge in [-0.1, -0.05) is 6.92 Å². The van der Waals surface area contributed by atoms with E-state index in [1.165, 1.54) is 4.31 Å². The summed E-state index contributed by atoms with van der Waals surface area (Å²) in [5.41, 5.74) is 6.92. The molecule has 0 aromatic carbocycles. The highest BCUT2D eigenvalue weighted by Gasteiger charge is 2.32. The molecule has 1 aliphatic heterocycles. The first-order valence-corrected chi connectivity index (χ1v) is 7.65. The summed E-state index contributed by atoms with van der Waals surface area (Å²) in [6.45, 7) is 5.18. The van der Waals surface area contributed by atoms with E-state index in [0.717, 1.165) is 18.5 Å². The Labute approximate surface area is 108 Å². The fraction of sp³-hybridized carbons (Fsp3) is 0.727. The number of aryl methyl sites for hydroxylation is 1. The number of piperidine rings is 1. The summed E-state index contributed by atoms with van der Waals surface area (Å²) in [4.78, 5) is 0. The van der Waals surface area contributed by atoms with Crippen molar-refractivity contribution in [3.63, 3.8) is 0 Å². The quantitative estimate of drug-likeness (QED) is 0.842. The van der Waals surface area contributed by atoms with E-state index >= 15 is 0 Å². The average Bonchev–Trinajstić information content (AvgIpc) is 2.71. The topological polar surface area (TPSA) is 92.1 Å². The minimum atomic E-state index is -3.51. The van der Waals surface area contributed by atoms with Gasteiger partial charge in [0.2, 0.25) is 0 Å². The Morgan fingerprint density at radius 1 is 1.56 bits per heavy atom. The van der Waals surface area contributed by atoms with E-state index in [1.54, 1.807) is 6.92 Å². The monoisotopic (exact) mass is 272 g/mol. The van der Waals surface area contributed by atoms with Crippen LogP contribution in [0.4, 0.5) is 0 Å². The molecule has 1 saturated heterocycles. The van der Waals surface area contributed by atoms with Crippen molar-refractivity contribution in [2.75, 3.05) is 13.1 Å². The molecule has 3 N–H and O–H groups in total. The summed E-state index contributed by atoms with van der Waals surface area (Å²) in [5, 5.41) is 6.73. The zero-order chi connectivity index (χ0) is 13.3. The molecule has 2 rings (SSSR count). The standard InChI is InChI=1S/C11H20N4O2S/c1-8-4-3-5-15(7-8)18(16,17)11-10(6-12)9(2)13-14-11/h8H,3-7,12H2,1-2H3,(H,13,14). The van der Waals surface area contributed by atoms with Crippen LogP contribution in [0.15, 0.2) is 5.03 Å². The van der Waals surface area contributed by atoms with Gasteiger partial charge in [0.05, 0.1) is 0 Å². The first kappa shape index (κ1) is 13.5. The van der Waals surface area contributed by atoms with E-state index < -0.39 is 10.0 Å². The van der Waals surface area contributed by atoms with Crippen LogP contribution < -0.4 is 5.73 Å². The lowest BCUT2D eigenvalue weighted by Gasteiger charge is -2.29. The second-order valence-corrected chi connectivity index (χ2v) is 6.80. The van der Waals surface area contributed by atoms with Crippen molar-refractivity contribution >= 4 is 10.0 Å². The molecule has 0 saturated carbocycles. The summed E-state index contributed by atoms with van der Waals surface area (Å²) in [7, 11) is -3.51. The van der Waals surface area contributed by atoms with Gasteiger partial charge in [0.25, 0.3) is 10.0 Å². The van der Waals surface area contributed by atoms with Crippen LogP contribution in [0, 0.1) is 12.8 Å². The first-order valence-electron chi connectivity index (χ1n) is 6.21. The lowest BCUT2D eigenvalue weighted by molar-refractivity contribution is 0.280. The van der Waals surface area contributed by atoms with Gasteiger partial charge in [-0.2, -0.15) is 9.40 Å². The molecule has 1 atom stereocenters. The number of nitrogens with one attached hydrogen (secondary N) is 1. The van der Waals surface area contributed by atoms with Gasteiger partial charge in [-0.3, -0.25) is 5.10 Å². The Kier molecular flexibility index (Phi) is 3.74. The number of nitrogens with zero attached hydrogens (tertiary/aromatic N) is 2. The maximum absolute atomic E-state index is 12.5. The molecule has 0 radical (unpaired) electrons. The van der Waals surface area contributed by atoms with E-state index in [1.807, 2.05) is 0 Å². The van der Waals surface area contributed by atoms with E-state index in [0.29, 0.717) is 24.6 Å². The Bertz CT molecular complexity index is 523. The predicted octanol–water partition coefficient (Wildman–Crippen LogP) is 0.597. The van der Waals surface area contributed by atoms with Crippen LogP contribution in [0.2, 0.25) is 0 Å². The van der Waals surface area contributed by atoms with Gasteiger partial charge >= 0.3 is 0 Å². The summed E-state index contributed by atoms with van der Waals surface area (Å²) in [6, 6.07) is 0. The van der Waals surface area contributed by atoms with E-state index in [2.05, 4.69) is 17.1 Å². The number of rotatable bonds is 3. The van der Waals surface area contributed by atoms with Gasteiger partial charge in [0.1, 0.15) is 0 Å². The number of nitrogens with two attached hydrogens (primary N) is 1. The van der Waals surface area contributed by atoms with Gasteiger partial charge in [-0.05, 0) is 25.7 Å². The van der Waals surface area contributed by atoms with Crippen molar-refractivity contribution in [3.8, 4) is 0 Å². The number of H-pyrrole nitrogens is 1. The van der Waals surface area contributed by atoms with E-state index in [-0.39, 0.29) is 11.6 Å². The van der Waals surface area contributed by atoms with Crippen LogP contribution in [0.5, 0.6) is 0 Å². The highest BCUT2D eigenvalue weighted by Crippen LogP contribution is 2.25. The smallest absolute Gasteiger partial charge is 0.262 e. The van der Waals surface area contributed by atoms with Crippen molar-refractivity contribution in [3.05, 3.63) is 11.3 Å². The first-order chi connectivity index (χ1) is 8.46. The van der Waals surface area contributed by atoms with E-state index in [9.17, 15) is 8.42 Å². The van der Waals surface area contributed by atoms with Crippen LogP contribution in [0.3, 0.4) is 0 Å². The zero-order valence-electron chi connectivity index (χ0n) is 10.8. The molecule has 1 aromatic rings. The molecular weight excluding hydrogens is 252 g/mol. The third kappa shape index (κ3) is 2.30. The third-order valence-electron chi connectivity index (χ3n) is 3.44. The highest BCUT2D eigenvalue weighted by atomic mass is 32.2.